The van der Waals surface area contributed by atoms with E-state index in [1.54, 1.807) is 6.92 Å². The molecular weight excluding hydrogens is 182 g/mol. The summed E-state index contributed by atoms with van der Waals surface area (Å²) in [4.78, 5) is 3.94. The van der Waals surface area contributed by atoms with Gasteiger partial charge in [-0.1, -0.05) is 0 Å². The van der Waals surface area contributed by atoms with Gasteiger partial charge in [0.05, 0.1) is 5.84 Å². The molecular formula is C10H13FN2O. The summed E-state index contributed by atoms with van der Waals surface area (Å²) < 4.78 is 13.1. The van der Waals surface area contributed by atoms with Crippen LogP contribution in [-0.2, 0) is 6.42 Å². The molecule has 0 fully saturated rings. The van der Waals surface area contributed by atoms with E-state index in [0.29, 0.717) is 24.4 Å². The maximum Gasteiger partial charge on any atom is 0.126 e. The van der Waals surface area contributed by atoms with Crippen LogP contribution in [0.1, 0.15) is 12.5 Å². The molecule has 0 saturated carbocycles. The number of rotatable bonds is 3. The number of halogens is 1. The van der Waals surface area contributed by atoms with Crippen molar-refractivity contribution in [2.45, 2.75) is 13.3 Å². The zero-order valence-electron chi connectivity index (χ0n) is 8.00. The Morgan fingerprint density at radius 2 is 2.29 bits per heavy atom. The van der Waals surface area contributed by atoms with Crippen LogP contribution in [0, 0.1) is 5.82 Å². The summed E-state index contributed by atoms with van der Waals surface area (Å²) in [5.41, 5.74) is 5.79. The van der Waals surface area contributed by atoms with Gasteiger partial charge in [-0.25, -0.2) is 4.39 Å². The van der Waals surface area contributed by atoms with Crippen molar-refractivity contribution in [1.82, 2.24) is 0 Å². The van der Waals surface area contributed by atoms with Crippen LogP contribution in [0.3, 0.4) is 0 Å². The monoisotopic (exact) mass is 195 g/mol. The highest BCUT2D eigenvalue weighted by molar-refractivity contribution is 5.77. The van der Waals surface area contributed by atoms with Gasteiger partial charge in [-0.3, -0.25) is 4.99 Å². The summed E-state index contributed by atoms with van der Waals surface area (Å²) in [6, 6.07) is 3.96. The van der Waals surface area contributed by atoms with E-state index < -0.39 is 0 Å². The van der Waals surface area contributed by atoms with E-state index >= 15 is 0 Å². The maximum absolute atomic E-state index is 13.1. The second kappa shape index (κ2) is 4.60. The molecule has 0 aliphatic carbocycles. The Balaban J connectivity index is 2.67. The topological polar surface area (TPSA) is 58.6 Å². The molecule has 0 bridgehead atoms. The lowest BCUT2D eigenvalue weighted by Crippen LogP contribution is -2.07. The van der Waals surface area contributed by atoms with E-state index in [2.05, 4.69) is 4.99 Å². The summed E-state index contributed by atoms with van der Waals surface area (Å²) in [7, 11) is 0. The molecule has 14 heavy (non-hydrogen) atoms. The third-order valence-corrected chi connectivity index (χ3v) is 1.77. The van der Waals surface area contributed by atoms with E-state index in [9.17, 15) is 4.39 Å². The summed E-state index contributed by atoms with van der Waals surface area (Å²) in [5.74, 6) is 0.216. The van der Waals surface area contributed by atoms with Crippen molar-refractivity contribution >= 4 is 5.84 Å². The normalized spacial score (nSPS) is 11.7. The smallest absolute Gasteiger partial charge is 0.126 e. The fraction of sp³-hybridized carbons (Fsp3) is 0.300. The lowest BCUT2D eigenvalue weighted by molar-refractivity contribution is 0.471. The second-order valence-corrected chi connectivity index (χ2v) is 3.05. The number of nitrogens with zero attached hydrogens (tertiary/aromatic N) is 1. The lowest BCUT2D eigenvalue weighted by Gasteiger charge is -2.01. The summed E-state index contributed by atoms with van der Waals surface area (Å²) in [5, 5.41) is 9.12. The standard InChI is InChI=1S/C10H13FN2O/c1-7(12)13-5-4-8-6-9(14)2-3-10(8)11/h2-3,6,14H,4-5H2,1H3,(H2,12,13)/i11-1. The molecule has 1 aromatic rings. The van der Waals surface area contributed by atoms with Crippen molar-refractivity contribution in [2.24, 2.45) is 10.7 Å². The average Bonchev–Trinajstić information content (AvgIpc) is 2.10. The van der Waals surface area contributed by atoms with Gasteiger partial charge in [0.25, 0.3) is 0 Å². The summed E-state index contributed by atoms with van der Waals surface area (Å²) in [6.07, 6.45) is 0.439. The van der Waals surface area contributed by atoms with Gasteiger partial charge in [0.15, 0.2) is 0 Å². The zero-order chi connectivity index (χ0) is 10.6. The Kier molecular flexibility index (Phi) is 3.45. The van der Waals surface area contributed by atoms with Crippen molar-refractivity contribution in [3.05, 3.63) is 29.6 Å². The summed E-state index contributed by atoms with van der Waals surface area (Å²) >= 11 is 0. The molecule has 0 atom stereocenters. The zero-order valence-corrected chi connectivity index (χ0v) is 8.00. The highest BCUT2D eigenvalue weighted by atomic mass is 18.2. The van der Waals surface area contributed by atoms with Crippen molar-refractivity contribution < 1.29 is 9.50 Å². The van der Waals surface area contributed by atoms with E-state index in [4.69, 9.17) is 10.8 Å². The number of phenolic OH excluding ortho intramolecular Hbond substituents is 1. The van der Waals surface area contributed by atoms with Crippen molar-refractivity contribution in [1.29, 1.82) is 0 Å². The molecule has 0 aromatic heterocycles. The minimum Gasteiger partial charge on any atom is -0.508 e. The molecule has 0 saturated heterocycles. The molecule has 0 aliphatic heterocycles. The second-order valence-electron chi connectivity index (χ2n) is 3.05. The molecule has 1 rings (SSSR count). The Bertz CT molecular complexity index is 346. The number of hydrogen-bond acceptors (Lipinski definition) is 2. The molecule has 3 nitrogen and oxygen atoms in total. The molecule has 1 aromatic carbocycles. The quantitative estimate of drug-likeness (QED) is 0.566. The first-order valence-electron chi connectivity index (χ1n) is 4.33. The van der Waals surface area contributed by atoms with Crippen LogP contribution < -0.4 is 5.73 Å². The Labute approximate surface area is 82.1 Å². The van der Waals surface area contributed by atoms with Crippen LogP contribution in [0.4, 0.5) is 4.39 Å². The fourth-order valence-electron chi connectivity index (χ4n) is 1.11. The molecule has 0 radical (unpaired) electrons. The van der Waals surface area contributed by atoms with Gasteiger partial charge >= 0.3 is 0 Å². The van der Waals surface area contributed by atoms with E-state index in [-0.39, 0.29) is 11.6 Å². The van der Waals surface area contributed by atoms with Crippen molar-refractivity contribution in [3.8, 4) is 5.75 Å². The number of aromatic hydroxyl groups is 1. The minimum atomic E-state index is -0.326. The first-order valence-corrected chi connectivity index (χ1v) is 4.33. The Hall–Kier alpha value is -1.58. The van der Waals surface area contributed by atoms with Crippen LogP contribution >= 0.6 is 0 Å². The first kappa shape index (κ1) is 10.5. The van der Waals surface area contributed by atoms with Crippen LogP contribution in [0.5, 0.6) is 5.75 Å². The Morgan fingerprint density at radius 3 is 2.93 bits per heavy atom. The molecule has 0 heterocycles. The number of nitrogens with two attached hydrogens (primary N) is 1. The van der Waals surface area contributed by atoms with Gasteiger partial charge in [0.1, 0.15) is 11.6 Å². The largest absolute Gasteiger partial charge is 0.508 e. The Morgan fingerprint density at radius 1 is 1.57 bits per heavy atom. The molecule has 0 unspecified atom stereocenters. The third-order valence-electron chi connectivity index (χ3n) is 1.77. The number of hydrogen-bond donors (Lipinski definition) is 2. The van der Waals surface area contributed by atoms with E-state index in [1.165, 1.54) is 18.2 Å². The summed E-state index contributed by atoms with van der Waals surface area (Å²) in [6.45, 7) is 2.11. The van der Waals surface area contributed by atoms with Crippen LogP contribution in [0.25, 0.3) is 0 Å². The fourth-order valence-corrected chi connectivity index (χ4v) is 1.11. The average molecular weight is 195 g/mol. The van der Waals surface area contributed by atoms with Crippen molar-refractivity contribution in [3.63, 3.8) is 0 Å². The van der Waals surface area contributed by atoms with E-state index in [1.807, 2.05) is 0 Å². The third kappa shape index (κ3) is 3.05. The van der Waals surface area contributed by atoms with E-state index in [0.717, 1.165) is 0 Å². The predicted octanol–water partition coefficient (Wildman–Crippen LogP) is 1.45. The van der Waals surface area contributed by atoms with Gasteiger partial charge in [0.2, 0.25) is 0 Å². The lowest BCUT2D eigenvalue weighted by atomic mass is 10.1. The first-order chi connectivity index (χ1) is 6.59. The highest BCUT2D eigenvalue weighted by Gasteiger charge is 2.02. The number of aliphatic imine (C=N–C) groups is 1. The number of phenols is 1. The molecule has 0 spiro atoms. The molecule has 76 valence electrons. The number of benzene rings is 1. The predicted molar refractivity (Wildman–Crippen MR) is 53.9 cm³/mol. The van der Waals surface area contributed by atoms with Crippen LogP contribution in [0.15, 0.2) is 23.2 Å². The maximum atomic E-state index is 13.1. The number of amidine groups is 1. The molecule has 4 heteroatoms. The highest BCUT2D eigenvalue weighted by Crippen LogP contribution is 2.15. The van der Waals surface area contributed by atoms with Crippen LogP contribution in [-0.4, -0.2) is 17.5 Å². The molecule has 0 aliphatic rings. The van der Waals surface area contributed by atoms with Crippen molar-refractivity contribution in [2.75, 3.05) is 6.54 Å². The molecule has 0 amide bonds. The van der Waals surface area contributed by atoms with Gasteiger partial charge < -0.3 is 10.8 Å². The van der Waals surface area contributed by atoms with Gasteiger partial charge in [-0.2, -0.15) is 0 Å². The van der Waals surface area contributed by atoms with Gasteiger partial charge in [0, 0.05) is 6.54 Å². The minimum absolute atomic E-state index is 0.0647. The van der Waals surface area contributed by atoms with Gasteiger partial charge in [-0.15, -0.1) is 0 Å². The van der Waals surface area contributed by atoms with Crippen LogP contribution in [0.2, 0.25) is 0 Å². The van der Waals surface area contributed by atoms with Gasteiger partial charge in [-0.05, 0) is 37.1 Å². The SMILES string of the molecule is CC(N)=NCCc1cc(O)ccc1[18F]. The molecule has 3 N–H and O–H groups in total.